The minimum Gasteiger partial charge on any atom is -0.355 e. The van der Waals surface area contributed by atoms with Crippen LogP contribution in [0, 0.1) is 0 Å². The first kappa shape index (κ1) is 10.1. The van der Waals surface area contributed by atoms with Gasteiger partial charge in [-0.1, -0.05) is 0 Å². The van der Waals surface area contributed by atoms with E-state index in [1.165, 1.54) is 42.8 Å². The predicted molar refractivity (Wildman–Crippen MR) is 64.7 cm³/mol. The van der Waals surface area contributed by atoms with Crippen molar-refractivity contribution in [2.24, 2.45) is 5.73 Å². The van der Waals surface area contributed by atoms with Gasteiger partial charge in [0.2, 0.25) is 0 Å². The second-order valence-corrected chi connectivity index (χ2v) is 5.04. The van der Waals surface area contributed by atoms with E-state index in [1.807, 2.05) is 0 Å². The lowest BCUT2D eigenvalue weighted by atomic mass is 9.96. The fraction of sp³-hybridized carbons (Fsp3) is 0.750. The molecule has 3 N–H and O–H groups in total. The van der Waals surface area contributed by atoms with Crippen LogP contribution >= 0.6 is 0 Å². The maximum Gasteiger partial charge on any atom is 0.153 e. The Morgan fingerprint density at radius 3 is 2.75 bits per heavy atom. The molecule has 0 bridgehead atoms. The van der Waals surface area contributed by atoms with Crippen molar-refractivity contribution in [3.05, 3.63) is 11.3 Å². The van der Waals surface area contributed by atoms with Gasteiger partial charge < -0.3 is 10.6 Å². The molecule has 4 nitrogen and oxygen atoms in total. The molecule has 3 rings (SSSR count). The van der Waals surface area contributed by atoms with Crippen molar-refractivity contribution >= 4 is 5.82 Å². The Morgan fingerprint density at radius 1 is 1.19 bits per heavy atom. The molecular formula is C12H20N4. The lowest BCUT2D eigenvalue weighted by Gasteiger charge is -2.31. The van der Waals surface area contributed by atoms with Crippen LogP contribution in [-0.4, -0.2) is 29.3 Å². The molecule has 2 aliphatic rings. The second kappa shape index (κ2) is 4.09. The molecule has 1 aromatic heterocycles. The first-order valence-corrected chi connectivity index (χ1v) is 6.41. The molecule has 1 aromatic rings. The Morgan fingerprint density at radius 2 is 1.94 bits per heavy atom. The summed E-state index contributed by atoms with van der Waals surface area (Å²) in [5, 5.41) is 7.72. The molecule has 2 heterocycles. The Hall–Kier alpha value is -1.03. The third-order valence-corrected chi connectivity index (χ3v) is 3.87. The number of rotatable bonds is 1. The van der Waals surface area contributed by atoms with Gasteiger partial charge in [-0.25, -0.2) is 0 Å². The Balaban J connectivity index is 1.81. The van der Waals surface area contributed by atoms with Gasteiger partial charge >= 0.3 is 0 Å². The van der Waals surface area contributed by atoms with Crippen LogP contribution in [0.3, 0.4) is 0 Å². The molecule has 0 amide bonds. The van der Waals surface area contributed by atoms with Gasteiger partial charge in [-0.3, -0.25) is 5.10 Å². The van der Waals surface area contributed by atoms with E-state index in [2.05, 4.69) is 15.1 Å². The minimum absolute atomic E-state index is 0.394. The van der Waals surface area contributed by atoms with Crippen molar-refractivity contribution in [2.75, 3.05) is 18.0 Å². The molecule has 1 fully saturated rings. The molecule has 0 saturated carbocycles. The lowest BCUT2D eigenvalue weighted by molar-refractivity contribution is 0.497. The van der Waals surface area contributed by atoms with Gasteiger partial charge in [-0.05, 0) is 38.5 Å². The van der Waals surface area contributed by atoms with Gasteiger partial charge in [0, 0.05) is 30.4 Å². The summed E-state index contributed by atoms with van der Waals surface area (Å²) < 4.78 is 0. The summed E-state index contributed by atoms with van der Waals surface area (Å²) in [7, 11) is 0. The van der Waals surface area contributed by atoms with Crippen LogP contribution in [0.5, 0.6) is 0 Å². The molecule has 0 unspecified atom stereocenters. The van der Waals surface area contributed by atoms with Gasteiger partial charge in [0.05, 0.1) is 0 Å². The number of H-pyrrole nitrogens is 1. The van der Waals surface area contributed by atoms with Crippen LogP contribution in [0.2, 0.25) is 0 Å². The molecule has 4 heteroatoms. The fourth-order valence-corrected chi connectivity index (χ4v) is 2.84. The number of nitrogens with one attached hydrogen (secondary N) is 1. The summed E-state index contributed by atoms with van der Waals surface area (Å²) in [4.78, 5) is 2.41. The summed E-state index contributed by atoms with van der Waals surface area (Å²) in [6, 6.07) is 0.394. The van der Waals surface area contributed by atoms with E-state index in [-0.39, 0.29) is 0 Å². The predicted octanol–water partition coefficient (Wildman–Crippen LogP) is 1.22. The number of nitrogens with zero attached hydrogens (tertiary/aromatic N) is 2. The molecule has 1 saturated heterocycles. The number of anilines is 1. The highest BCUT2D eigenvalue weighted by Crippen LogP contribution is 2.29. The lowest BCUT2D eigenvalue weighted by Crippen LogP contribution is -2.40. The zero-order valence-corrected chi connectivity index (χ0v) is 9.71. The van der Waals surface area contributed by atoms with E-state index in [0.29, 0.717) is 6.04 Å². The summed E-state index contributed by atoms with van der Waals surface area (Å²) in [5.74, 6) is 1.21. The highest BCUT2D eigenvalue weighted by Gasteiger charge is 2.23. The number of aromatic nitrogens is 2. The van der Waals surface area contributed by atoms with Crippen molar-refractivity contribution in [2.45, 2.75) is 44.6 Å². The van der Waals surface area contributed by atoms with Crippen LogP contribution < -0.4 is 10.6 Å². The van der Waals surface area contributed by atoms with Crippen LogP contribution in [0.15, 0.2) is 0 Å². The highest BCUT2D eigenvalue weighted by molar-refractivity contribution is 5.50. The third-order valence-electron chi connectivity index (χ3n) is 3.87. The van der Waals surface area contributed by atoms with Gasteiger partial charge in [-0.2, -0.15) is 5.10 Å². The third kappa shape index (κ3) is 1.71. The van der Waals surface area contributed by atoms with E-state index < -0.39 is 0 Å². The first-order valence-electron chi connectivity index (χ1n) is 6.41. The number of fused-ring (bicyclic) bond motifs is 1. The molecule has 0 radical (unpaired) electrons. The zero-order chi connectivity index (χ0) is 11.0. The Bertz CT molecular complexity index is 363. The number of aryl methyl sites for hydroxylation is 1. The largest absolute Gasteiger partial charge is 0.355 e. The van der Waals surface area contributed by atoms with Crippen molar-refractivity contribution in [1.82, 2.24) is 10.2 Å². The second-order valence-electron chi connectivity index (χ2n) is 5.04. The molecular weight excluding hydrogens is 200 g/mol. The van der Waals surface area contributed by atoms with Crippen LogP contribution in [0.25, 0.3) is 0 Å². The molecule has 0 aromatic carbocycles. The number of piperidine rings is 1. The van der Waals surface area contributed by atoms with E-state index in [9.17, 15) is 0 Å². The van der Waals surface area contributed by atoms with E-state index in [0.717, 1.165) is 25.9 Å². The maximum absolute atomic E-state index is 5.93. The standard InChI is InChI=1S/C12H20N4/c13-9-5-7-16(8-6-9)12-10-3-1-2-4-11(10)14-15-12/h9H,1-8,13H2,(H,14,15). The van der Waals surface area contributed by atoms with Crippen LogP contribution in [0.1, 0.15) is 36.9 Å². The number of aromatic amines is 1. The monoisotopic (exact) mass is 220 g/mol. The van der Waals surface area contributed by atoms with E-state index in [1.54, 1.807) is 0 Å². The van der Waals surface area contributed by atoms with Crippen molar-refractivity contribution in [3.63, 3.8) is 0 Å². The van der Waals surface area contributed by atoms with Crippen molar-refractivity contribution < 1.29 is 0 Å². The minimum atomic E-state index is 0.394. The van der Waals surface area contributed by atoms with Crippen LogP contribution in [-0.2, 0) is 12.8 Å². The average molecular weight is 220 g/mol. The quantitative estimate of drug-likeness (QED) is 0.748. The molecule has 88 valence electrons. The Kier molecular flexibility index (Phi) is 2.59. The van der Waals surface area contributed by atoms with Crippen molar-refractivity contribution in [1.29, 1.82) is 0 Å². The normalized spacial score (nSPS) is 22.2. The summed E-state index contributed by atoms with van der Waals surface area (Å²) in [6.07, 6.45) is 7.19. The molecule has 16 heavy (non-hydrogen) atoms. The maximum atomic E-state index is 5.93. The summed E-state index contributed by atoms with van der Waals surface area (Å²) >= 11 is 0. The molecule has 0 atom stereocenters. The molecule has 0 spiro atoms. The fourth-order valence-electron chi connectivity index (χ4n) is 2.84. The van der Waals surface area contributed by atoms with Gasteiger partial charge in [0.1, 0.15) is 0 Å². The van der Waals surface area contributed by atoms with E-state index >= 15 is 0 Å². The summed E-state index contributed by atoms with van der Waals surface area (Å²) in [6.45, 7) is 2.14. The highest BCUT2D eigenvalue weighted by atomic mass is 15.3. The summed E-state index contributed by atoms with van der Waals surface area (Å²) in [5.41, 5.74) is 8.78. The SMILES string of the molecule is NC1CCN(c2n[nH]c3c2CCCC3)CC1. The first-order chi connectivity index (χ1) is 7.84. The van der Waals surface area contributed by atoms with Gasteiger partial charge in [0.15, 0.2) is 5.82 Å². The molecule has 1 aliphatic carbocycles. The van der Waals surface area contributed by atoms with Crippen LogP contribution in [0.4, 0.5) is 5.82 Å². The van der Waals surface area contributed by atoms with Gasteiger partial charge in [0.25, 0.3) is 0 Å². The van der Waals surface area contributed by atoms with Crippen molar-refractivity contribution in [3.8, 4) is 0 Å². The average Bonchev–Trinajstić information content (AvgIpc) is 2.74. The van der Waals surface area contributed by atoms with Gasteiger partial charge in [-0.15, -0.1) is 0 Å². The van der Waals surface area contributed by atoms with E-state index in [4.69, 9.17) is 5.73 Å². The smallest absolute Gasteiger partial charge is 0.153 e. The number of nitrogens with two attached hydrogens (primary N) is 1. The topological polar surface area (TPSA) is 57.9 Å². The zero-order valence-electron chi connectivity index (χ0n) is 9.71. The molecule has 1 aliphatic heterocycles. The number of hydrogen-bond donors (Lipinski definition) is 2. The Labute approximate surface area is 96.2 Å². The number of hydrogen-bond acceptors (Lipinski definition) is 3.